The van der Waals surface area contributed by atoms with Gasteiger partial charge in [-0.05, 0) is 55.5 Å². The summed E-state index contributed by atoms with van der Waals surface area (Å²) >= 11 is 0. The topological polar surface area (TPSA) is 61.9 Å². The summed E-state index contributed by atoms with van der Waals surface area (Å²) in [6.45, 7) is 4.44. The summed E-state index contributed by atoms with van der Waals surface area (Å²) in [5, 5.41) is 2.97. The van der Waals surface area contributed by atoms with E-state index < -0.39 is 0 Å². The van der Waals surface area contributed by atoms with Crippen LogP contribution < -0.4 is 10.1 Å². The van der Waals surface area contributed by atoms with E-state index in [-0.39, 0.29) is 17.9 Å². The van der Waals surface area contributed by atoms with E-state index in [9.17, 15) is 9.59 Å². The van der Waals surface area contributed by atoms with E-state index in [1.54, 1.807) is 0 Å². The molecule has 1 heterocycles. The molecule has 1 fully saturated rings. The van der Waals surface area contributed by atoms with E-state index in [0.29, 0.717) is 37.5 Å². The molecule has 164 valence electrons. The molecule has 0 radical (unpaired) electrons. The number of piperazine rings is 1. The Hall–Kier alpha value is -3.64. The Morgan fingerprint density at radius 1 is 0.781 bits per heavy atom. The molecule has 6 heteroatoms. The Labute approximate surface area is 188 Å². The van der Waals surface area contributed by atoms with E-state index in [1.165, 1.54) is 0 Å². The first kappa shape index (κ1) is 21.6. The normalized spacial score (nSPS) is 15.1. The number of anilines is 1. The molecule has 1 aliphatic rings. The summed E-state index contributed by atoms with van der Waals surface area (Å²) in [7, 11) is 0. The van der Waals surface area contributed by atoms with E-state index in [2.05, 4.69) is 10.2 Å². The van der Waals surface area contributed by atoms with Gasteiger partial charge in [0.05, 0.1) is 6.04 Å². The minimum atomic E-state index is -0.288. The van der Waals surface area contributed by atoms with Gasteiger partial charge in [0.2, 0.25) is 5.91 Å². The lowest BCUT2D eigenvalue weighted by Gasteiger charge is -2.37. The van der Waals surface area contributed by atoms with E-state index in [1.807, 2.05) is 96.8 Å². The number of amides is 2. The molecule has 4 rings (SSSR count). The molecular weight excluding hydrogens is 402 g/mol. The van der Waals surface area contributed by atoms with Crippen molar-refractivity contribution in [2.75, 3.05) is 31.5 Å². The van der Waals surface area contributed by atoms with Gasteiger partial charge in [-0.3, -0.25) is 14.5 Å². The lowest BCUT2D eigenvalue weighted by atomic mass is 10.1. The van der Waals surface area contributed by atoms with E-state index in [4.69, 9.17) is 4.74 Å². The molecule has 0 aliphatic carbocycles. The van der Waals surface area contributed by atoms with Crippen LogP contribution in [-0.2, 0) is 4.79 Å². The minimum absolute atomic E-state index is 0.0418. The van der Waals surface area contributed by atoms with Crippen LogP contribution in [-0.4, -0.2) is 53.8 Å². The van der Waals surface area contributed by atoms with Crippen LogP contribution in [0.5, 0.6) is 11.5 Å². The SMILES string of the molecule is CC(C(=O)Nc1ccc(Oc2ccccc2)cc1)N1CCN(C(=O)c2ccccc2)CC1. The van der Waals surface area contributed by atoms with Crippen molar-refractivity contribution in [3.8, 4) is 11.5 Å². The number of hydrogen-bond donors (Lipinski definition) is 1. The van der Waals surface area contributed by atoms with Gasteiger partial charge in [-0.15, -0.1) is 0 Å². The molecule has 32 heavy (non-hydrogen) atoms. The summed E-state index contributed by atoms with van der Waals surface area (Å²) in [6, 6.07) is 25.9. The third-order valence-electron chi connectivity index (χ3n) is 5.65. The molecule has 6 nitrogen and oxygen atoms in total. The van der Waals surface area contributed by atoms with Gasteiger partial charge in [0.15, 0.2) is 0 Å². The zero-order valence-electron chi connectivity index (χ0n) is 18.1. The molecule has 2 amide bonds. The average Bonchev–Trinajstić information content (AvgIpc) is 2.85. The highest BCUT2D eigenvalue weighted by Crippen LogP contribution is 2.23. The maximum absolute atomic E-state index is 12.8. The molecule has 0 spiro atoms. The highest BCUT2D eigenvalue weighted by Gasteiger charge is 2.27. The summed E-state index contributed by atoms with van der Waals surface area (Å²) in [6.07, 6.45) is 0. The Kier molecular flexibility index (Phi) is 6.82. The smallest absolute Gasteiger partial charge is 0.253 e. The molecule has 0 saturated carbocycles. The van der Waals surface area contributed by atoms with Gasteiger partial charge in [-0.2, -0.15) is 0 Å². The third kappa shape index (κ3) is 5.34. The minimum Gasteiger partial charge on any atom is -0.457 e. The number of carbonyl (C=O) groups is 2. The predicted molar refractivity (Wildman–Crippen MR) is 125 cm³/mol. The van der Waals surface area contributed by atoms with Crippen molar-refractivity contribution >= 4 is 17.5 Å². The Morgan fingerprint density at radius 2 is 1.34 bits per heavy atom. The molecule has 3 aromatic rings. The van der Waals surface area contributed by atoms with Crippen molar-refractivity contribution < 1.29 is 14.3 Å². The van der Waals surface area contributed by atoms with E-state index in [0.717, 1.165) is 11.4 Å². The van der Waals surface area contributed by atoms with Gasteiger partial charge < -0.3 is 15.0 Å². The fourth-order valence-corrected chi connectivity index (χ4v) is 3.72. The maximum Gasteiger partial charge on any atom is 0.253 e. The zero-order valence-corrected chi connectivity index (χ0v) is 18.1. The Morgan fingerprint density at radius 3 is 1.97 bits per heavy atom. The number of para-hydroxylation sites is 1. The standard InChI is InChI=1S/C26H27N3O3/c1-20(28-16-18-29(19-17-28)26(31)21-8-4-2-5-9-21)25(30)27-22-12-14-24(15-13-22)32-23-10-6-3-7-11-23/h2-15,20H,16-19H2,1H3,(H,27,30). The maximum atomic E-state index is 12.8. The van der Waals surface area contributed by atoms with Crippen LogP contribution in [0.4, 0.5) is 5.69 Å². The van der Waals surface area contributed by atoms with Crippen LogP contribution in [0.1, 0.15) is 17.3 Å². The number of rotatable bonds is 6. The lowest BCUT2D eigenvalue weighted by Crippen LogP contribution is -2.54. The molecule has 1 atom stereocenters. The molecule has 1 aliphatic heterocycles. The molecule has 1 saturated heterocycles. The second-order valence-corrected chi connectivity index (χ2v) is 7.80. The van der Waals surface area contributed by atoms with Gasteiger partial charge in [-0.1, -0.05) is 36.4 Å². The van der Waals surface area contributed by atoms with Gasteiger partial charge >= 0.3 is 0 Å². The summed E-state index contributed by atoms with van der Waals surface area (Å²) < 4.78 is 5.79. The van der Waals surface area contributed by atoms with Gasteiger partial charge in [-0.25, -0.2) is 0 Å². The van der Waals surface area contributed by atoms with Gasteiger partial charge in [0.25, 0.3) is 5.91 Å². The summed E-state index contributed by atoms with van der Waals surface area (Å²) in [5.41, 5.74) is 1.42. The first-order chi connectivity index (χ1) is 15.6. The van der Waals surface area contributed by atoms with Crippen molar-refractivity contribution in [2.45, 2.75) is 13.0 Å². The predicted octanol–water partition coefficient (Wildman–Crippen LogP) is 4.26. The fraction of sp³-hybridized carbons (Fsp3) is 0.231. The fourth-order valence-electron chi connectivity index (χ4n) is 3.72. The first-order valence-electron chi connectivity index (χ1n) is 10.8. The van der Waals surface area contributed by atoms with Crippen molar-refractivity contribution in [3.05, 3.63) is 90.5 Å². The highest BCUT2D eigenvalue weighted by atomic mass is 16.5. The number of nitrogens with one attached hydrogen (secondary N) is 1. The van der Waals surface area contributed by atoms with Gasteiger partial charge in [0.1, 0.15) is 11.5 Å². The molecule has 3 aromatic carbocycles. The Bertz CT molecular complexity index is 1030. The second-order valence-electron chi connectivity index (χ2n) is 7.80. The molecular formula is C26H27N3O3. The number of hydrogen-bond acceptors (Lipinski definition) is 4. The van der Waals surface area contributed by atoms with Crippen LogP contribution in [0.2, 0.25) is 0 Å². The van der Waals surface area contributed by atoms with Crippen molar-refractivity contribution in [2.24, 2.45) is 0 Å². The summed E-state index contributed by atoms with van der Waals surface area (Å²) in [5.74, 6) is 1.45. The summed E-state index contributed by atoms with van der Waals surface area (Å²) in [4.78, 5) is 29.3. The largest absolute Gasteiger partial charge is 0.457 e. The van der Waals surface area contributed by atoms with Crippen LogP contribution in [0.15, 0.2) is 84.9 Å². The zero-order chi connectivity index (χ0) is 22.3. The van der Waals surface area contributed by atoms with Crippen molar-refractivity contribution in [1.82, 2.24) is 9.80 Å². The first-order valence-corrected chi connectivity index (χ1v) is 10.8. The van der Waals surface area contributed by atoms with Crippen LogP contribution in [0.25, 0.3) is 0 Å². The Balaban J connectivity index is 1.27. The molecule has 1 N–H and O–H groups in total. The van der Waals surface area contributed by atoms with Gasteiger partial charge in [0, 0.05) is 37.4 Å². The van der Waals surface area contributed by atoms with Crippen LogP contribution in [0.3, 0.4) is 0 Å². The number of ether oxygens (including phenoxy) is 1. The lowest BCUT2D eigenvalue weighted by molar-refractivity contribution is -0.121. The quantitative estimate of drug-likeness (QED) is 0.636. The monoisotopic (exact) mass is 429 g/mol. The average molecular weight is 430 g/mol. The molecule has 1 unspecified atom stereocenters. The van der Waals surface area contributed by atoms with Crippen molar-refractivity contribution in [1.29, 1.82) is 0 Å². The van der Waals surface area contributed by atoms with Crippen molar-refractivity contribution in [3.63, 3.8) is 0 Å². The number of nitrogens with zero attached hydrogens (tertiary/aromatic N) is 2. The molecule has 0 bridgehead atoms. The van der Waals surface area contributed by atoms with Crippen LogP contribution >= 0.6 is 0 Å². The third-order valence-corrected chi connectivity index (χ3v) is 5.65. The van der Waals surface area contributed by atoms with E-state index >= 15 is 0 Å². The second kappa shape index (κ2) is 10.1. The van der Waals surface area contributed by atoms with Crippen LogP contribution in [0, 0.1) is 0 Å². The molecule has 0 aromatic heterocycles. The highest BCUT2D eigenvalue weighted by molar-refractivity contribution is 5.95. The number of carbonyl (C=O) groups excluding carboxylic acids is 2. The number of benzene rings is 3.